The summed E-state index contributed by atoms with van der Waals surface area (Å²) in [7, 11) is 1.29. The van der Waals surface area contributed by atoms with E-state index in [-0.39, 0.29) is 30.5 Å². The third-order valence-electron chi connectivity index (χ3n) is 7.53. The Kier molecular flexibility index (Phi) is 11.1. The molecule has 0 spiro atoms. The molecule has 2 amide bonds. The predicted octanol–water partition coefficient (Wildman–Crippen LogP) is 5.51. The van der Waals surface area contributed by atoms with Gasteiger partial charge in [0, 0.05) is 24.9 Å². The lowest BCUT2D eigenvalue weighted by molar-refractivity contribution is -0.252. The van der Waals surface area contributed by atoms with Gasteiger partial charge in [-0.05, 0) is 22.3 Å². The van der Waals surface area contributed by atoms with Crippen molar-refractivity contribution in [3.8, 4) is 0 Å². The summed E-state index contributed by atoms with van der Waals surface area (Å²) < 4.78 is 19.4. The minimum absolute atomic E-state index is 0.0392. The molecule has 4 unspecified atom stereocenters. The molecule has 1 fully saturated rings. The van der Waals surface area contributed by atoms with E-state index in [1.807, 2.05) is 78.9 Å². The zero-order valence-corrected chi connectivity index (χ0v) is 26.1. The highest BCUT2D eigenvalue weighted by Gasteiger charge is 2.33. The molecule has 1 aliphatic rings. The molecule has 0 bridgehead atoms. The number of esters is 1. The topological polar surface area (TPSA) is 124 Å². The van der Waals surface area contributed by atoms with Crippen molar-refractivity contribution in [3.05, 3.63) is 123 Å². The molecule has 3 N–H and O–H groups in total. The quantitative estimate of drug-likeness (QED) is 0.183. The Morgan fingerprint density at radius 3 is 2.31 bits per heavy atom. The third kappa shape index (κ3) is 8.62. The fourth-order valence-electron chi connectivity index (χ4n) is 5.09. The summed E-state index contributed by atoms with van der Waals surface area (Å²) in [6.07, 6.45) is 1.24. The van der Waals surface area contributed by atoms with Gasteiger partial charge in [0.2, 0.25) is 0 Å². The molecule has 1 saturated heterocycles. The molecule has 2 heterocycles. The number of hydrogen-bond acceptors (Lipinski definition) is 7. The van der Waals surface area contributed by atoms with Crippen LogP contribution in [0.2, 0.25) is 10.3 Å². The number of hydrogen-bond donors (Lipinski definition) is 3. The van der Waals surface area contributed by atoms with Crippen LogP contribution < -0.4 is 10.6 Å². The maximum Gasteiger partial charge on any atom is 0.328 e. The summed E-state index contributed by atoms with van der Waals surface area (Å²) in [6.45, 7) is 0.625. The van der Waals surface area contributed by atoms with Crippen LogP contribution in [-0.2, 0) is 45.1 Å². The number of nitrogens with zero attached hydrogens (tertiary/aromatic N) is 2. The fourth-order valence-corrected chi connectivity index (χ4v) is 5.41. The molecule has 5 rings (SSSR count). The fraction of sp³-hybridized carbons (Fsp3) is 0.303. The summed E-state index contributed by atoms with van der Waals surface area (Å²) in [5, 5.41) is 15.5. The highest BCUT2D eigenvalue weighted by molar-refractivity contribution is 6.40. The molecule has 45 heavy (non-hydrogen) atoms. The predicted molar refractivity (Wildman–Crippen MR) is 168 cm³/mol. The van der Waals surface area contributed by atoms with Crippen molar-refractivity contribution in [2.24, 2.45) is 0 Å². The first kappa shape index (κ1) is 32.5. The number of methoxy groups -OCH3 is 1. The number of carbonyl (C=O) groups excluding carboxylic acids is 2. The van der Waals surface area contributed by atoms with Crippen molar-refractivity contribution in [3.63, 3.8) is 0 Å². The van der Waals surface area contributed by atoms with E-state index in [0.29, 0.717) is 24.5 Å². The Bertz CT molecular complexity index is 1570. The van der Waals surface area contributed by atoms with Gasteiger partial charge in [-0.1, -0.05) is 102 Å². The molecule has 12 heteroatoms. The van der Waals surface area contributed by atoms with E-state index in [4.69, 9.17) is 37.4 Å². The minimum Gasteiger partial charge on any atom is -0.467 e. The maximum absolute atomic E-state index is 12.7. The van der Waals surface area contributed by atoms with E-state index in [0.717, 1.165) is 27.8 Å². The SMILES string of the molecule is COC(=O)C(Cc1ccccc1)NC(=O)NCc1ccc(C2OC(Cn3cnc(Cl)c3Cl)CC(c3ccc(CO)cc3)O2)cc1. The Labute approximate surface area is 271 Å². The number of rotatable bonds is 11. The van der Waals surface area contributed by atoms with Crippen LogP contribution >= 0.6 is 23.2 Å². The second-order valence-electron chi connectivity index (χ2n) is 10.7. The Morgan fingerprint density at radius 2 is 1.67 bits per heavy atom. The van der Waals surface area contributed by atoms with E-state index in [1.165, 1.54) is 7.11 Å². The van der Waals surface area contributed by atoms with E-state index in [1.54, 1.807) is 10.9 Å². The van der Waals surface area contributed by atoms with Gasteiger partial charge >= 0.3 is 12.0 Å². The van der Waals surface area contributed by atoms with Crippen molar-refractivity contribution in [2.45, 2.75) is 57.1 Å². The number of aliphatic hydroxyl groups is 1. The van der Waals surface area contributed by atoms with Gasteiger partial charge in [-0.15, -0.1) is 0 Å². The zero-order valence-electron chi connectivity index (χ0n) is 24.6. The molecule has 4 aromatic rings. The molecule has 10 nitrogen and oxygen atoms in total. The molecule has 4 atom stereocenters. The first-order valence-corrected chi connectivity index (χ1v) is 15.2. The number of amides is 2. The number of ether oxygens (including phenoxy) is 3. The maximum atomic E-state index is 12.7. The van der Waals surface area contributed by atoms with Crippen molar-refractivity contribution < 1.29 is 28.9 Å². The van der Waals surface area contributed by atoms with Crippen molar-refractivity contribution in [2.75, 3.05) is 7.11 Å². The molecular weight excluding hydrogens is 619 g/mol. The highest BCUT2D eigenvalue weighted by Crippen LogP contribution is 2.39. The van der Waals surface area contributed by atoms with Crippen LogP contribution in [-0.4, -0.2) is 45.9 Å². The normalized spacial score (nSPS) is 18.6. The van der Waals surface area contributed by atoms with Crippen LogP contribution in [0.15, 0.2) is 85.2 Å². The summed E-state index contributed by atoms with van der Waals surface area (Å²) in [5.41, 5.74) is 4.32. The van der Waals surface area contributed by atoms with Crippen LogP contribution in [0.5, 0.6) is 0 Å². The molecule has 1 aliphatic heterocycles. The van der Waals surface area contributed by atoms with Crippen LogP contribution in [0.1, 0.15) is 46.6 Å². The second-order valence-corrected chi connectivity index (χ2v) is 11.4. The molecule has 0 saturated carbocycles. The smallest absolute Gasteiger partial charge is 0.328 e. The van der Waals surface area contributed by atoms with E-state index < -0.39 is 24.3 Å². The van der Waals surface area contributed by atoms with Gasteiger partial charge in [0.05, 0.1) is 38.8 Å². The van der Waals surface area contributed by atoms with E-state index in [2.05, 4.69) is 15.6 Å². The Morgan fingerprint density at radius 1 is 0.978 bits per heavy atom. The monoisotopic (exact) mass is 652 g/mol. The van der Waals surface area contributed by atoms with E-state index in [9.17, 15) is 14.7 Å². The Hall–Kier alpha value is -3.93. The lowest BCUT2D eigenvalue weighted by atomic mass is 10.00. The van der Waals surface area contributed by atoms with Gasteiger partial charge in [0.25, 0.3) is 0 Å². The average Bonchev–Trinajstić information content (AvgIpc) is 3.39. The number of imidazole rings is 1. The molecule has 0 radical (unpaired) electrons. The molecule has 1 aromatic heterocycles. The number of urea groups is 1. The van der Waals surface area contributed by atoms with E-state index >= 15 is 0 Å². The Balaban J connectivity index is 1.23. The molecule has 0 aliphatic carbocycles. The molecular formula is C33H34Cl2N4O6. The number of aliphatic hydroxyl groups excluding tert-OH is 1. The number of aromatic nitrogens is 2. The van der Waals surface area contributed by atoms with Crippen LogP contribution in [0.3, 0.4) is 0 Å². The number of carbonyl (C=O) groups is 2. The van der Waals surface area contributed by atoms with Crippen molar-refractivity contribution >= 4 is 35.2 Å². The van der Waals surface area contributed by atoms with Gasteiger partial charge in [0.15, 0.2) is 11.4 Å². The summed E-state index contributed by atoms with van der Waals surface area (Å²) >= 11 is 12.4. The zero-order chi connectivity index (χ0) is 31.8. The lowest BCUT2D eigenvalue weighted by Crippen LogP contribution is -2.47. The van der Waals surface area contributed by atoms with Gasteiger partial charge < -0.3 is 34.5 Å². The first-order valence-electron chi connectivity index (χ1n) is 14.4. The van der Waals surface area contributed by atoms with Gasteiger partial charge in [-0.3, -0.25) is 0 Å². The highest BCUT2D eigenvalue weighted by atomic mass is 35.5. The average molecular weight is 654 g/mol. The van der Waals surface area contributed by atoms with Crippen molar-refractivity contribution in [1.29, 1.82) is 0 Å². The van der Waals surface area contributed by atoms with Gasteiger partial charge in [-0.25, -0.2) is 14.6 Å². The van der Waals surface area contributed by atoms with Gasteiger partial charge in [-0.2, -0.15) is 0 Å². The third-order valence-corrected chi connectivity index (χ3v) is 8.30. The lowest BCUT2D eigenvalue weighted by Gasteiger charge is -2.36. The summed E-state index contributed by atoms with van der Waals surface area (Å²) in [5.74, 6) is -0.523. The number of benzene rings is 3. The standard InChI is InChI=1S/C33H34Cl2N4O6/c1-43-31(41)27(15-21-5-3-2-4-6-21)38-33(42)36-17-22-7-13-25(14-8-22)32-44-26(18-39-20-37-29(34)30(39)35)16-28(45-32)24-11-9-23(19-40)10-12-24/h2-14,20,26-28,32,40H,15-19H2,1H3,(H2,36,38,42). The van der Waals surface area contributed by atoms with Gasteiger partial charge in [0.1, 0.15) is 11.2 Å². The molecule has 3 aromatic carbocycles. The van der Waals surface area contributed by atoms with Crippen LogP contribution in [0.25, 0.3) is 0 Å². The van der Waals surface area contributed by atoms with Crippen LogP contribution in [0, 0.1) is 0 Å². The number of nitrogens with one attached hydrogen (secondary N) is 2. The summed E-state index contributed by atoms with van der Waals surface area (Å²) in [6, 6.07) is 23.3. The van der Waals surface area contributed by atoms with Crippen molar-refractivity contribution in [1.82, 2.24) is 20.2 Å². The minimum atomic E-state index is -0.825. The largest absolute Gasteiger partial charge is 0.467 e. The first-order chi connectivity index (χ1) is 21.8. The number of halogens is 2. The second kappa shape index (κ2) is 15.4. The van der Waals surface area contributed by atoms with Crippen LogP contribution in [0.4, 0.5) is 4.79 Å². The summed E-state index contributed by atoms with van der Waals surface area (Å²) in [4.78, 5) is 29.0. The molecule has 236 valence electrons.